The highest BCUT2D eigenvalue weighted by Crippen LogP contribution is 2.19. The summed E-state index contributed by atoms with van der Waals surface area (Å²) in [6.07, 6.45) is 2.02. The van der Waals surface area contributed by atoms with E-state index in [2.05, 4.69) is 5.32 Å². The third-order valence-corrected chi connectivity index (χ3v) is 3.80. The summed E-state index contributed by atoms with van der Waals surface area (Å²) in [5.74, 6) is -0.272. The van der Waals surface area contributed by atoms with Crippen molar-refractivity contribution in [3.63, 3.8) is 0 Å². The number of morpholine rings is 1. The van der Waals surface area contributed by atoms with Crippen molar-refractivity contribution < 1.29 is 19.1 Å². The Labute approximate surface area is 119 Å². The van der Waals surface area contributed by atoms with E-state index in [0.717, 1.165) is 32.5 Å². The largest absolute Gasteiger partial charge is 0.466 e. The Morgan fingerprint density at radius 2 is 2.30 bits per heavy atom. The van der Waals surface area contributed by atoms with E-state index in [0.29, 0.717) is 26.2 Å². The lowest BCUT2D eigenvalue weighted by Gasteiger charge is -2.33. The number of hydrogen-bond donors (Lipinski definition) is 1. The summed E-state index contributed by atoms with van der Waals surface area (Å²) in [6, 6.07) is 0. The average Bonchev–Trinajstić information content (AvgIpc) is 2.48. The van der Waals surface area contributed by atoms with Gasteiger partial charge in [0.1, 0.15) is 0 Å². The molecule has 2 fully saturated rings. The molecule has 0 radical (unpaired) electrons. The van der Waals surface area contributed by atoms with Crippen LogP contribution in [0, 0.1) is 5.92 Å². The van der Waals surface area contributed by atoms with Crippen LogP contribution >= 0.6 is 0 Å². The molecular formula is C14H24N2O4. The summed E-state index contributed by atoms with van der Waals surface area (Å²) in [5, 5.41) is 3.22. The molecule has 0 saturated carbocycles. The van der Waals surface area contributed by atoms with Crippen LogP contribution in [0.2, 0.25) is 0 Å². The van der Waals surface area contributed by atoms with Crippen molar-refractivity contribution in [2.24, 2.45) is 5.92 Å². The van der Waals surface area contributed by atoms with Gasteiger partial charge in [-0.1, -0.05) is 0 Å². The van der Waals surface area contributed by atoms with Gasteiger partial charge in [-0.25, -0.2) is 0 Å². The van der Waals surface area contributed by atoms with Crippen LogP contribution in [0.5, 0.6) is 0 Å². The SMILES string of the molecule is CCOC(=O)C1CCCN(C(=O)CC2CNCCO2)C1. The zero-order valence-corrected chi connectivity index (χ0v) is 12.1. The third kappa shape index (κ3) is 4.18. The monoisotopic (exact) mass is 284 g/mol. The lowest BCUT2D eigenvalue weighted by Crippen LogP contribution is -2.46. The highest BCUT2D eigenvalue weighted by Gasteiger charge is 2.30. The fourth-order valence-electron chi connectivity index (χ4n) is 2.73. The maximum absolute atomic E-state index is 12.3. The quantitative estimate of drug-likeness (QED) is 0.745. The van der Waals surface area contributed by atoms with Crippen molar-refractivity contribution in [3.05, 3.63) is 0 Å². The number of carbonyl (C=O) groups excluding carboxylic acids is 2. The van der Waals surface area contributed by atoms with Crippen LogP contribution in [0.1, 0.15) is 26.2 Å². The van der Waals surface area contributed by atoms with Gasteiger partial charge in [-0.05, 0) is 19.8 Å². The number of piperidine rings is 1. The van der Waals surface area contributed by atoms with Crippen LogP contribution in [0.4, 0.5) is 0 Å². The number of amides is 1. The Hall–Kier alpha value is -1.14. The minimum absolute atomic E-state index is 0.0424. The molecule has 2 atom stereocenters. The first-order valence-corrected chi connectivity index (χ1v) is 7.47. The van der Waals surface area contributed by atoms with Gasteiger partial charge >= 0.3 is 5.97 Å². The second-order valence-corrected chi connectivity index (χ2v) is 5.33. The van der Waals surface area contributed by atoms with Crippen LogP contribution < -0.4 is 5.32 Å². The fourth-order valence-corrected chi connectivity index (χ4v) is 2.73. The van der Waals surface area contributed by atoms with Gasteiger partial charge in [-0.15, -0.1) is 0 Å². The van der Waals surface area contributed by atoms with Crippen molar-refractivity contribution in [1.82, 2.24) is 10.2 Å². The van der Waals surface area contributed by atoms with Gasteiger partial charge in [-0.2, -0.15) is 0 Å². The zero-order valence-electron chi connectivity index (χ0n) is 12.1. The Morgan fingerprint density at radius 1 is 1.45 bits per heavy atom. The smallest absolute Gasteiger partial charge is 0.310 e. The van der Waals surface area contributed by atoms with E-state index < -0.39 is 0 Å². The van der Waals surface area contributed by atoms with Gasteiger partial charge < -0.3 is 19.7 Å². The van der Waals surface area contributed by atoms with Crippen molar-refractivity contribution in [2.75, 3.05) is 39.4 Å². The molecule has 1 N–H and O–H groups in total. The summed E-state index contributed by atoms with van der Waals surface area (Å²) in [6.45, 7) is 5.64. The van der Waals surface area contributed by atoms with E-state index in [4.69, 9.17) is 9.47 Å². The molecule has 6 heteroatoms. The second kappa shape index (κ2) is 7.59. The molecule has 2 saturated heterocycles. The lowest BCUT2D eigenvalue weighted by atomic mass is 9.97. The van der Waals surface area contributed by atoms with Crippen LogP contribution in [-0.2, 0) is 19.1 Å². The molecule has 0 bridgehead atoms. The molecule has 2 aliphatic heterocycles. The highest BCUT2D eigenvalue weighted by atomic mass is 16.5. The van der Waals surface area contributed by atoms with Gasteiger partial charge in [-0.3, -0.25) is 9.59 Å². The maximum atomic E-state index is 12.3. The van der Waals surface area contributed by atoms with Crippen LogP contribution in [0.25, 0.3) is 0 Å². The number of esters is 1. The van der Waals surface area contributed by atoms with E-state index in [-0.39, 0.29) is 23.9 Å². The number of rotatable bonds is 4. The Bertz CT molecular complexity index is 342. The van der Waals surface area contributed by atoms with Crippen molar-refractivity contribution in [2.45, 2.75) is 32.3 Å². The third-order valence-electron chi connectivity index (χ3n) is 3.80. The molecule has 114 valence electrons. The predicted molar refractivity (Wildman–Crippen MR) is 73.2 cm³/mol. The summed E-state index contributed by atoms with van der Waals surface area (Å²) >= 11 is 0. The predicted octanol–water partition coefficient (Wildman–Crippen LogP) is 0.167. The Morgan fingerprint density at radius 3 is 3.00 bits per heavy atom. The number of hydrogen-bond acceptors (Lipinski definition) is 5. The number of likely N-dealkylation sites (tertiary alicyclic amines) is 1. The maximum Gasteiger partial charge on any atom is 0.310 e. The molecule has 2 aliphatic rings. The molecule has 20 heavy (non-hydrogen) atoms. The standard InChI is InChI=1S/C14H24N2O4/c1-2-19-14(18)11-4-3-6-16(10-11)13(17)8-12-9-15-5-7-20-12/h11-12,15H,2-10H2,1H3. The summed E-state index contributed by atoms with van der Waals surface area (Å²) in [4.78, 5) is 25.8. The molecule has 0 aromatic carbocycles. The fraction of sp³-hybridized carbons (Fsp3) is 0.857. The molecule has 2 rings (SSSR count). The van der Waals surface area contributed by atoms with Gasteiger partial charge in [0.05, 0.1) is 31.7 Å². The summed E-state index contributed by atoms with van der Waals surface area (Å²) in [7, 11) is 0. The number of carbonyl (C=O) groups is 2. The molecule has 0 spiro atoms. The van der Waals surface area contributed by atoms with Crippen LogP contribution in [0.3, 0.4) is 0 Å². The minimum Gasteiger partial charge on any atom is -0.466 e. The van der Waals surface area contributed by atoms with E-state index >= 15 is 0 Å². The van der Waals surface area contributed by atoms with Gasteiger partial charge in [0.25, 0.3) is 0 Å². The highest BCUT2D eigenvalue weighted by molar-refractivity contribution is 5.79. The normalized spacial score (nSPS) is 27.1. The Kier molecular flexibility index (Phi) is 5.79. The second-order valence-electron chi connectivity index (χ2n) is 5.33. The Balaban J connectivity index is 1.81. The first kappa shape index (κ1) is 15.3. The van der Waals surface area contributed by atoms with E-state index in [9.17, 15) is 9.59 Å². The zero-order chi connectivity index (χ0) is 14.4. The summed E-state index contributed by atoms with van der Waals surface area (Å²) in [5.41, 5.74) is 0. The molecule has 0 aliphatic carbocycles. The molecule has 0 aromatic heterocycles. The van der Waals surface area contributed by atoms with Crippen molar-refractivity contribution in [1.29, 1.82) is 0 Å². The van der Waals surface area contributed by atoms with Gasteiger partial charge in [0.2, 0.25) is 5.91 Å². The topological polar surface area (TPSA) is 67.9 Å². The minimum atomic E-state index is -0.180. The molecule has 2 unspecified atom stereocenters. The average molecular weight is 284 g/mol. The molecule has 2 heterocycles. The summed E-state index contributed by atoms with van der Waals surface area (Å²) < 4.78 is 10.6. The lowest BCUT2D eigenvalue weighted by molar-refractivity contribution is -0.151. The molecular weight excluding hydrogens is 260 g/mol. The number of ether oxygens (including phenoxy) is 2. The van der Waals surface area contributed by atoms with E-state index in [1.54, 1.807) is 11.8 Å². The van der Waals surface area contributed by atoms with E-state index in [1.807, 2.05) is 0 Å². The first-order chi connectivity index (χ1) is 9.70. The van der Waals surface area contributed by atoms with E-state index in [1.165, 1.54) is 0 Å². The molecule has 0 aromatic rings. The molecule has 1 amide bonds. The van der Waals surface area contributed by atoms with Crippen LogP contribution in [-0.4, -0.2) is 62.3 Å². The van der Waals surface area contributed by atoms with Crippen LogP contribution in [0.15, 0.2) is 0 Å². The van der Waals surface area contributed by atoms with Gasteiger partial charge in [0.15, 0.2) is 0 Å². The number of nitrogens with zero attached hydrogens (tertiary/aromatic N) is 1. The number of nitrogens with one attached hydrogen (secondary N) is 1. The molecule has 6 nitrogen and oxygen atoms in total. The van der Waals surface area contributed by atoms with Crippen molar-refractivity contribution >= 4 is 11.9 Å². The van der Waals surface area contributed by atoms with Crippen molar-refractivity contribution in [3.8, 4) is 0 Å². The van der Waals surface area contributed by atoms with Gasteiger partial charge in [0, 0.05) is 26.2 Å². The first-order valence-electron chi connectivity index (χ1n) is 7.47.